The Morgan fingerprint density at radius 1 is 1.08 bits per heavy atom. The summed E-state index contributed by atoms with van der Waals surface area (Å²) >= 11 is 0. The van der Waals surface area contributed by atoms with Gasteiger partial charge >= 0.3 is 0 Å². The third-order valence-corrected chi connectivity index (χ3v) is 3.91. The van der Waals surface area contributed by atoms with E-state index < -0.39 is 0 Å². The van der Waals surface area contributed by atoms with E-state index in [1.54, 1.807) is 6.20 Å². The highest BCUT2D eigenvalue weighted by molar-refractivity contribution is 5.89. The lowest BCUT2D eigenvalue weighted by molar-refractivity contribution is -0.116. The number of fused-ring (bicyclic) bond motifs is 1. The smallest absolute Gasteiger partial charge is 0.228 e. The Bertz CT molecular complexity index is 1000. The Morgan fingerprint density at radius 3 is 2.84 bits per heavy atom. The minimum atomic E-state index is -0.124. The Labute approximate surface area is 143 Å². The van der Waals surface area contributed by atoms with Crippen LogP contribution in [0.5, 0.6) is 0 Å². The molecule has 124 valence electrons. The third-order valence-electron chi connectivity index (χ3n) is 3.91. The second-order valence-electron chi connectivity index (χ2n) is 5.60. The number of H-pyrrole nitrogens is 1. The maximum atomic E-state index is 12.2. The van der Waals surface area contributed by atoms with Crippen LogP contribution in [0.1, 0.15) is 6.42 Å². The molecule has 0 radical (unpaired) electrons. The quantitative estimate of drug-likeness (QED) is 0.588. The molecule has 0 saturated carbocycles. The Morgan fingerprint density at radius 2 is 1.96 bits per heavy atom. The molecule has 0 aliphatic rings. The summed E-state index contributed by atoms with van der Waals surface area (Å²) in [5.74, 6) is 0.719. The van der Waals surface area contributed by atoms with E-state index >= 15 is 0 Å². The average molecular weight is 332 g/mol. The lowest BCUT2D eigenvalue weighted by atomic mass is 10.2. The molecule has 7 heteroatoms. The van der Waals surface area contributed by atoms with E-state index in [-0.39, 0.29) is 5.91 Å². The van der Waals surface area contributed by atoms with Gasteiger partial charge in [-0.25, -0.2) is 0 Å². The highest BCUT2D eigenvalue weighted by Crippen LogP contribution is 2.16. The van der Waals surface area contributed by atoms with Crippen LogP contribution in [0.15, 0.2) is 60.9 Å². The lowest BCUT2D eigenvalue weighted by Gasteiger charge is -2.05. The van der Waals surface area contributed by atoms with Gasteiger partial charge in [0.25, 0.3) is 0 Å². The molecule has 1 amide bonds. The van der Waals surface area contributed by atoms with Gasteiger partial charge in [0.1, 0.15) is 5.69 Å². The predicted molar refractivity (Wildman–Crippen MR) is 94.8 cm³/mol. The first-order chi connectivity index (χ1) is 12.3. The summed E-state index contributed by atoms with van der Waals surface area (Å²) in [6, 6.07) is 15.7. The number of hydrogen-bond acceptors (Lipinski definition) is 4. The molecule has 2 N–H and O–H groups in total. The summed E-state index contributed by atoms with van der Waals surface area (Å²) in [6.45, 7) is 0.598. The zero-order valence-corrected chi connectivity index (χ0v) is 13.4. The van der Waals surface area contributed by atoms with Crippen molar-refractivity contribution in [1.29, 1.82) is 0 Å². The highest BCUT2D eigenvalue weighted by atomic mass is 16.1. The van der Waals surface area contributed by atoms with E-state index in [1.165, 1.54) is 0 Å². The minimum absolute atomic E-state index is 0.124. The van der Waals surface area contributed by atoms with Gasteiger partial charge < -0.3 is 9.55 Å². The summed E-state index contributed by atoms with van der Waals surface area (Å²) in [6.07, 6.45) is 4.02. The zero-order valence-electron chi connectivity index (χ0n) is 13.4. The number of hydrogen-bond donors (Lipinski definition) is 2. The van der Waals surface area contributed by atoms with Gasteiger partial charge in [-0.15, -0.1) is 10.2 Å². The number of aromatic amines is 1. The van der Waals surface area contributed by atoms with Crippen molar-refractivity contribution >= 4 is 22.8 Å². The lowest BCUT2D eigenvalue weighted by Crippen LogP contribution is -2.15. The van der Waals surface area contributed by atoms with E-state index in [0.717, 1.165) is 10.9 Å². The molecule has 25 heavy (non-hydrogen) atoms. The first-order valence-electron chi connectivity index (χ1n) is 7.97. The largest absolute Gasteiger partial charge is 0.347 e. The molecule has 0 aliphatic carbocycles. The van der Waals surface area contributed by atoms with E-state index in [1.807, 2.05) is 48.7 Å². The summed E-state index contributed by atoms with van der Waals surface area (Å²) < 4.78 is 2.06. The van der Waals surface area contributed by atoms with Gasteiger partial charge in [-0.1, -0.05) is 24.3 Å². The maximum absolute atomic E-state index is 12.2. The molecule has 0 unspecified atom stereocenters. The number of pyridine rings is 1. The topological polar surface area (TPSA) is 88.5 Å². The molecule has 0 fully saturated rings. The summed E-state index contributed by atoms with van der Waals surface area (Å²) in [4.78, 5) is 19.3. The van der Waals surface area contributed by atoms with Crippen LogP contribution < -0.4 is 5.32 Å². The molecule has 0 aliphatic heterocycles. The van der Waals surface area contributed by atoms with Crippen LogP contribution in [0.25, 0.3) is 22.4 Å². The van der Waals surface area contributed by atoms with Crippen molar-refractivity contribution in [2.75, 3.05) is 5.32 Å². The van der Waals surface area contributed by atoms with Gasteiger partial charge in [0.2, 0.25) is 11.9 Å². The van der Waals surface area contributed by atoms with Gasteiger partial charge in [-0.05, 0) is 29.7 Å². The summed E-state index contributed by atoms with van der Waals surface area (Å²) in [7, 11) is 0. The van der Waals surface area contributed by atoms with Crippen LogP contribution in [-0.2, 0) is 11.3 Å². The fourth-order valence-electron chi connectivity index (χ4n) is 2.69. The first kappa shape index (κ1) is 15.1. The maximum Gasteiger partial charge on any atom is 0.228 e. The Hall–Kier alpha value is -3.48. The van der Waals surface area contributed by atoms with Gasteiger partial charge in [0.05, 0.1) is 0 Å². The molecule has 3 aromatic heterocycles. The van der Waals surface area contributed by atoms with Gasteiger partial charge in [-0.2, -0.15) is 0 Å². The van der Waals surface area contributed by atoms with E-state index in [9.17, 15) is 4.79 Å². The van der Waals surface area contributed by atoms with Gasteiger partial charge in [0.15, 0.2) is 5.82 Å². The Kier molecular flexibility index (Phi) is 3.96. The standard InChI is InChI=1S/C18H16N6O/c25-16(9-12-24-11-8-13-5-1-2-7-15(13)24)20-18-21-17(22-23-18)14-6-3-4-10-19-14/h1-8,10-11H,9,12H2,(H2,20,21,22,23,25). The van der Waals surface area contributed by atoms with Crippen LogP contribution in [-0.4, -0.2) is 30.6 Å². The summed E-state index contributed by atoms with van der Waals surface area (Å²) in [5.41, 5.74) is 1.79. The van der Waals surface area contributed by atoms with Crippen molar-refractivity contribution in [3.63, 3.8) is 0 Å². The van der Waals surface area contributed by atoms with Crippen LogP contribution in [0.4, 0.5) is 5.95 Å². The molecule has 4 aromatic rings. The molecule has 4 rings (SSSR count). The van der Waals surface area contributed by atoms with Crippen molar-refractivity contribution in [1.82, 2.24) is 24.7 Å². The van der Waals surface area contributed by atoms with Crippen LogP contribution >= 0.6 is 0 Å². The fourth-order valence-corrected chi connectivity index (χ4v) is 2.69. The second kappa shape index (κ2) is 6.56. The van der Waals surface area contributed by atoms with E-state index in [2.05, 4.69) is 36.1 Å². The number of aryl methyl sites for hydroxylation is 1. The fraction of sp³-hybridized carbons (Fsp3) is 0.111. The molecule has 1 aromatic carbocycles. The van der Waals surface area contributed by atoms with Crippen molar-refractivity contribution in [3.8, 4) is 11.5 Å². The molecule has 0 saturated heterocycles. The predicted octanol–water partition coefficient (Wildman–Crippen LogP) is 2.85. The number of aromatic nitrogens is 5. The first-order valence-corrected chi connectivity index (χ1v) is 7.97. The Balaban J connectivity index is 1.39. The molecule has 0 bridgehead atoms. The number of anilines is 1. The highest BCUT2D eigenvalue weighted by Gasteiger charge is 2.10. The summed E-state index contributed by atoms with van der Waals surface area (Å²) in [5, 5.41) is 11.8. The number of nitrogens with zero attached hydrogens (tertiary/aromatic N) is 4. The molecular formula is C18H16N6O. The zero-order chi connectivity index (χ0) is 17.1. The van der Waals surface area contributed by atoms with Gasteiger partial charge in [0, 0.05) is 30.9 Å². The number of rotatable bonds is 5. The van der Waals surface area contributed by atoms with Gasteiger partial charge in [-0.3, -0.25) is 15.1 Å². The number of benzene rings is 1. The minimum Gasteiger partial charge on any atom is -0.347 e. The van der Waals surface area contributed by atoms with E-state index in [0.29, 0.717) is 30.4 Å². The number of carbonyl (C=O) groups is 1. The molecule has 7 nitrogen and oxygen atoms in total. The van der Waals surface area contributed by atoms with Crippen molar-refractivity contribution in [2.24, 2.45) is 0 Å². The number of para-hydroxylation sites is 1. The average Bonchev–Trinajstić information content (AvgIpc) is 3.28. The van der Waals surface area contributed by atoms with Crippen molar-refractivity contribution in [3.05, 3.63) is 60.9 Å². The van der Waals surface area contributed by atoms with Crippen molar-refractivity contribution in [2.45, 2.75) is 13.0 Å². The molecule has 0 atom stereocenters. The second-order valence-corrected chi connectivity index (χ2v) is 5.60. The third kappa shape index (κ3) is 3.25. The number of amides is 1. The van der Waals surface area contributed by atoms with Crippen molar-refractivity contribution < 1.29 is 4.79 Å². The molecular weight excluding hydrogens is 316 g/mol. The molecule has 0 spiro atoms. The van der Waals surface area contributed by atoms with Crippen LogP contribution in [0.3, 0.4) is 0 Å². The SMILES string of the molecule is O=C(CCn1ccc2ccccc21)Nc1nnc(-c2ccccn2)[nH]1. The normalized spacial score (nSPS) is 10.9. The van der Waals surface area contributed by atoms with Crippen LogP contribution in [0, 0.1) is 0 Å². The number of nitrogens with one attached hydrogen (secondary N) is 2. The number of carbonyl (C=O) groups excluding carboxylic acids is 1. The molecule has 3 heterocycles. The monoisotopic (exact) mass is 332 g/mol. The van der Waals surface area contributed by atoms with Crippen LogP contribution in [0.2, 0.25) is 0 Å². The van der Waals surface area contributed by atoms with E-state index in [4.69, 9.17) is 0 Å².